The minimum absolute atomic E-state index is 0.295. The molecule has 2 N–H and O–H groups in total. The molecule has 1 aromatic rings. The standard InChI is InChI=1S/C14H22N4O3/c1-14(2)6-4-7-18(11(14)12(19)20)13(21)15-9-10-5-8-17(3)16-10/h5,8,11H,4,6-7,9H2,1-3H3,(H,15,21)(H,19,20). The number of piperidine rings is 1. The highest BCUT2D eigenvalue weighted by atomic mass is 16.4. The van der Waals surface area contributed by atoms with Crippen LogP contribution in [-0.4, -0.2) is 44.4 Å². The Morgan fingerprint density at radius 2 is 2.24 bits per heavy atom. The molecule has 1 aliphatic rings. The number of nitrogens with zero attached hydrogens (tertiary/aromatic N) is 3. The van der Waals surface area contributed by atoms with Gasteiger partial charge in [0.05, 0.1) is 12.2 Å². The number of likely N-dealkylation sites (tertiary alicyclic amines) is 1. The second-order valence-corrected chi connectivity index (χ2v) is 6.17. The van der Waals surface area contributed by atoms with Gasteiger partial charge in [-0.3, -0.25) is 4.68 Å². The Bertz CT molecular complexity index is 538. The maximum absolute atomic E-state index is 12.3. The summed E-state index contributed by atoms with van der Waals surface area (Å²) < 4.78 is 1.66. The van der Waals surface area contributed by atoms with Gasteiger partial charge in [0.1, 0.15) is 6.04 Å². The lowest BCUT2D eigenvalue weighted by atomic mass is 9.76. The number of carboxylic acids is 1. The van der Waals surface area contributed by atoms with Crippen molar-refractivity contribution in [3.63, 3.8) is 0 Å². The molecule has 1 atom stereocenters. The van der Waals surface area contributed by atoms with Crippen LogP contribution >= 0.6 is 0 Å². The Hall–Kier alpha value is -2.05. The largest absolute Gasteiger partial charge is 0.480 e. The van der Waals surface area contributed by atoms with Gasteiger partial charge in [-0.15, -0.1) is 0 Å². The average Bonchev–Trinajstić information content (AvgIpc) is 2.79. The van der Waals surface area contributed by atoms with Gasteiger partial charge >= 0.3 is 12.0 Å². The SMILES string of the molecule is Cn1ccc(CNC(=O)N2CCCC(C)(C)C2C(=O)O)n1. The Morgan fingerprint density at radius 1 is 1.52 bits per heavy atom. The number of urea groups is 1. The third kappa shape index (κ3) is 3.34. The summed E-state index contributed by atoms with van der Waals surface area (Å²) in [6.45, 7) is 4.55. The van der Waals surface area contributed by atoms with E-state index in [-0.39, 0.29) is 6.03 Å². The van der Waals surface area contributed by atoms with Crippen molar-refractivity contribution in [1.82, 2.24) is 20.0 Å². The van der Waals surface area contributed by atoms with Crippen LogP contribution in [0.2, 0.25) is 0 Å². The van der Waals surface area contributed by atoms with E-state index < -0.39 is 17.4 Å². The van der Waals surface area contributed by atoms with E-state index in [9.17, 15) is 14.7 Å². The molecule has 1 aromatic heterocycles. The minimum atomic E-state index is -0.951. The van der Waals surface area contributed by atoms with Gasteiger partial charge in [-0.05, 0) is 24.3 Å². The second kappa shape index (κ2) is 5.75. The van der Waals surface area contributed by atoms with Gasteiger partial charge < -0.3 is 15.3 Å². The Morgan fingerprint density at radius 3 is 2.81 bits per heavy atom. The highest BCUT2D eigenvalue weighted by Crippen LogP contribution is 2.35. The number of carboxylic acid groups (broad SMARTS) is 1. The molecule has 2 rings (SSSR count). The molecule has 2 amide bonds. The van der Waals surface area contributed by atoms with E-state index in [1.54, 1.807) is 17.9 Å². The topological polar surface area (TPSA) is 87.5 Å². The first-order valence-electron chi connectivity index (χ1n) is 7.07. The molecule has 21 heavy (non-hydrogen) atoms. The fourth-order valence-corrected chi connectivity index (χ4v) is 2.90. The first kappa shape index (κ1) is 15.3. The molecule has 7 nitrogen and oxygen atoms in total. The quantitative estimate of drug-likeness (QED) is 0.877. The van der Waals surface area contributed by atoms with Crippen molar-refractivity contribution in [2.45, 2.75) is 39.3 Å². The summed E-state index contributed by atoms with van der Waals surface area (Å²) >= 11 is 0. The zero-order chi connectivity index (χ0) is 15.6. The van der Waals surface area contributed by atoms with E-state index in [4.69, 9.17) is 0 Å². The number of hydrogen-bond acceptors (Lipinski definition) is 3. The van der Waals surface area contributed by atoms with E-state index in [0.717, 1.165) is 18.5 Å². The van der Waals surface area contributed by atoms with Gasteiger partial charge in [-0.25, -0.2) is 9.59 Å². The summed E-state index contributed by atoms with van der Waals surface area (Å²) in [5.41, 5.74) is 0.320. The number of carbonyl (C=O) groups is 2. The van der Waals surface area contributed by atoms with Crippen LogP contribution in [-0.2, 0) is 18.4 Å². The molecule has 0 saturated carbocycles. The summed E-state index contributed by atoms with van der Waals surface area (Å²) in [7, 11) is 1.80. The van der Waals surface area contributed by atoms with E-state index >= 15 is 0 Å². The molecule has 1 fully saturated rings. The summed E-state index contributed by atoms with van der Waals surface area (Å²) in [5.74, 6) is -0.951. The number of carbonyl (C=O) groups excluding carboxylic acids is 1. The van der Waals surface area contributed by atoms with Crippen LogP contribution in [0, 0.1) is 5.41 Å². The number of aliphatic carboxylic acids is 1. The van der Waals surface area contributed by atoms with Crippen molar-refractivity contribution in [2.75, 3.05) is 6.54 Å². The molecule has 1 unspecified atom stereocenters. The second-order valence-electron chi connectivity index (χ2n) is 6.17. The van der Waals surface area contributed by atoms with E-state index in [0.29, 0.717) is 13.1 Å². The highest BCUT2D eigenvalue weighted by molar-refractivity contribution is 5.83. The molecular formula is C14H22N4O3. The lowest BCUT2D eigenvalue weighted by Crippen LogP contribution is -2.58. The maximum atomic E-state index is 12.3. The van der Waals surface area contributed by atoms with Crippen LogP contribution in [0.3, 0.4) is 0 Å². The number of aromatic nitrogens is 2. The summed E-state index contributed by atoms with van der Waals surface area (Å²) in [6, 6.07) is 0.672. The summed E-state index contributed by atoms with van der Waals surface area (Å²) in [5, 5.41) is 16.4. The molecular weight excluding hydrogens is 272 g/mol. The Labute approximate surface area is 123 Å². The normalized spacial score (nSPS) is 21.1. The number of hydrogen-bond donors (Lipinski definition) is 2. The number of rotatable bonds is 3. The van der Waals surface area contributed by atoms with Gasteiger partial charge in [0.15, 0.2) is 0 Å². The maximum Gasteiger partial charge on any atom is 0.327 e. The lowest BCUT2D eigenvalue weighted by Gasteiger charge is -2.43. The number of amides is 2. The molecule has 0 radical (unpaired) electrons. The molecule has 0 aliphatic carbocycles. The average molecular weight is 294 g/mol. The van der Waals surface area contributed by atoms with Gasteiger partial charge in [0.2, 0.25) is 0 Å². The zero-order valence-corrected chi connectivity index (χ0v) is 12.7. The lowest BCUT2D eigenvalue weighted by molar-refractivity contribution is -0.148. The van der Waals surface area contributed by atoms with Crippen molar-refractivity contribution in [3.05, 3.63) is 18.0 Å². The van der Waals surface area contributed by atoms with Crippen molar-refractivity contribution in [1.29, 1.82) is 0 Å². The smallest absolute Gasteiger partial charge is 0.327 e. The summed E-state index contributed by atoms with van der Waals surface area (Å²) in [4.78, 5) is 25.2. The predicted molar refractivity (Wildman–Crippen MR) is 76.6 cm³/mol. The fraction of sp³-hybridized carbons (Fsp3) is 0.643. The van der Waals surface area contributed by atoms with Crippen LogP contribution in [0.25, 0.3) is 0 Å². The van der Waals surface area contributed by atoms with Crippen molar-refractivity contribution < 1.29 is 14.7 Å². The minimum Gasteiger partial charge on any atom is -0.480 e. The van der Waals surface area contributed by atoms with Gasteiger partial charge in [0.25, 0.3) is 0 Å². The third-order valence-corrected chi connectivity index (χ3v) is 3.96. The molecule has 2 heterocycles. The Kier molecular flexibility index (Phi) is 4.20. The van der Waals surface area contributed by atoms with Gasteiger partial charge in [0, 0.05) is 19.8 Å². The monoisotopic (exact) mass is 294 g/mol. The first-order valence-corrected chi connectivity index (χ1v) is 7.07. The Balaban J connectivity index is 2.04. The summed E-state index contributed by atoms with van der Waals surface area (Å²) in [6.07, 6.45) is 3.41. The molecule has 1 aliphatic heterocycles. The number of nitrogens with one attached hydrogen (secondary N) is 1. The molecule has 0 spiro atoms. The van der Waals surface area contributed by atoms with E-state index in [1.165, 1.54) is 4.90 Å². The predicted octanol–water partition coefficient (Wildman–Crippen LogP) is 1.20. The van der Waals surface area contributed by atoms with Crippen LogP contribution < -0.4 is 5.32 Å². The van der Waals surface area contributed by atoms with E-state index in [1.807, 2.05) is 19.9 Å². The van der Waals surface area contributed by atoms with Crippen LogP contribution in [0.4, 0.5) is 4.79 Å². The van der Waals surface area contributed by atoms with Gasteiger partial charge in [-0.2, -0.15) is 5.10 Å². The van der Waals surface area contributed by atoms with Crippen LogP contribution in [0.15, 0.2) is 12.3 Å². The van der Waals surface area contributed by atoms with Crippen molar-refractivity contribution >= 4 is 12.0 Å². The first-order chi connectivity index (χ1) is 9.81. The van der Waals surface area contributed by atoms with Crippen molar-refractivity contribution in [3.8, 4) is 0 Å². The van der Waals surface area contributed by atoms with Crippen LogP contribution in [0.1, 0.15) is 32.4 Å². The zero-order valence-electron chi connectivity index (χ0n) is 12.7. The molecule has 1 saturated heterocycles. The fourth-order valence-electron chi connectivity index (χ4n) is 2.90. The molecule has 7 heteroatoms. The highest BCUT2D eigenvalue weighted by Gasteiger charge is 2.44. The molecule has 0 bridgehead atoms. The van der Waals surface area contributed by atoms with Crippen molar-refractivity contribution in [2.24, 2.45) is 12.5 Å². The van der Waals surface area contributed by atoms with Gasteiger partial charge in [-0.1, -0.05) is 13.8 Å². The molecule has 0 aromatic carbocycles. The third-order valence-electron chi connectivity index (χ3n) is 3.96. The number of aryl methyl sites for hydroxylation is 1. The van der Waals surface area contributed by atoms with E-state index in [2.05, 4.69) is 10.4 Å². The molecule has 116 valence electrons. The van der Waals surface area contributed by atoms with Crippen LogP contribution in [0.5, 0.6) is 0 Å².